The minimum atomic E-state index is -1.07. The van der Waals surface area contributed by atoms with Gasteiger partial charge in [0.15, 0.2) is 0 Å². The maximum absolute atomic E-state index is 13.2. The van der Waals surface area contributed by atoms with Crippen LogP contribution >= 0.6 is 11.8 Å². The molecule has 2 rings (SSSR count). The molecule has 0 bridgehead atoms. The molecule has 0 unspecified atom stereocenters. The predicted molar refractivity (Wildman–Crippen MR) is 70.5 cm³/mol. The van der Waals surface area contributed by atoms with Gasteiger partial charge in [-0.2, -0.15) is 0 Å². The van der Waals surface area contributed by atoms with E-state index in [1.54, 1.807) is 31.4 Å². The second-order valence-corrected chi connectivity index (χ2v) is 4.84. The largest absolute Gasteiger partial charge is 0.497 e. The standard InChI is InChI=1S/C14H11FO3S/c1-18-10-3-5-11(6-4-10)19-13-8-9(15)2-7-12(13)14(16)17/h2-8H,1H3,(H,16,17). The lowest BCUT2D eigenvalue weighted by Gasteiger charge is -2.06. The molecule has 0 fully saturated rings. The molecular formula is C14H11FO3S. The zero-order valence-electron chi connectivity index (χ0n) is 10.1. The van der Waals surface area contributed by atoms with Crippen molar-refractivity contribution in [3.8, 4) is 5.75 Å². The van der Waals surface area contributed by atoms with Gasteiger partial charge in [-0.25, -0.2) is 9.18 Å². The summed E-state index contributed by atoms with van der Waals surface area (Å²) in [6.07, 6.45) is 0. The third kappa shape index (κ3) is 3.26. The fourth-order valence-corrected chi connectivity index (χ4v) is 2.49. The number of benzene rings is 2. The van der Waals surface area contributed by atoms with E-state index in [9.17, 15) is 9.18 Å². The van der Waals surface area contributed by atoms with E-state index in [4.69, 9.17) is 9.84 Å². The van der Waals surface area contributed by atoms with Gasteiger partial charge in [-0.1, -0.05) is 11.8 Å². The van der Waals surface area contributed by atoms with Crippen LogP contribution in [0.3, 0.4) is 0 Å². The summed E-state index contributed by atoms with van der Waals surface area (Å²) in [5.41, 5.74) is 0.0854. The van der Waals surface area contributed by atoms with Gasteiger partial charge in [0, 0.05) is 9.79 Å². The van der Waals surface area contributed by atoms with Crippen LogP contribution in [0.15, 0.2) is 52.3 Å². The Morgan fingerprint density at radius 1 is 1.21 bits per heavy atom. The molecule has 0 saturated carbocycles. The third-order valence-electron chi connectivity index (χ3n) is 2.46. The second-order valence-electron chi connectivity index (χ2n) is 3.72. The number of aromatic carboxylic acids is 1. The summed E-state index contributed by atoms with van der Waals surface area (Å²) >= 11 is 1.20. The van der Waals surface area contributed by atoms with Crippen LogP contribution in [0.4, 0.5) is 4.39 Å². The molecular weight excluding hydrogens is 267 g/mol. The average molecular weight is 278 g/mol. The first kappa shape index (κ1) is 13.4. The highest BCUT2D eigenvalue weighted by atomic mass is 32.2. The van der Waals surface area contributed by atoms with E-state index in [1.807, 2.05) is 0 Å². The van der Waals surface area contributed by atoms with Crippen LogP contribution in [0.5, 0.6) is 5.75 Å². The fraction of sp³-hybridized carbons (Fsp3) is 0.0714. The highest BCUT2D eigenvalue weighted by Gasteiger charge is 2.12. The molecule has 0 heterocycles. The van der Waals surface area contributed by atoms with E-state index >= 15 is 0 Å². The summed E-state index contributed by atoms with van der Waals surface area (Å²) in [6.45, 7) is 0. The number of carbonyl (C=O) groups is 1. The number of methoxy groups -OCH3 is 1. The van der Waals surface area contributed by atoms with Crippen molar-refractivity contribution in [3.63, 3.8) is 0 Å². The monoisotopic (exact) mass is 278 g/mol. The molecule has 0 spiro atoms. The number of hydrogen-bond donors (Lipinski definition) is 1. The number of rotatable bonds is 4. The smallest absolute Gasteiger partial charge is 0.336 e. The Bertz CT molecular complexity index is 596. The molecule has 0 amide bonds. The Balaban J connectivity index is 2.31. The molecule has 0 aliphatic heterocycles. The summed E-state index contributed by atoms with van der Waals surface area (Å²) in [6, 6.07) is 10.7. The summed E-state index contributed by atoms with van der Waals surface area (Å²) in [7, 11) is 1.57. The van der Waals surface area contributed by atoms with Crippen molar-refractivity contribution in [3.05, 3.63) is 53.8 Å². The van der Waals surface area contributed by atoms with Gasteiger partial charge >= 0.3 is 5.97 Å². The van der Waals surface area contributed by atoms with Crippen LogP contribution in [0.2, 0.25) is 0 Å². The van der Waals surface area contributed by atoms with Gasteiger partial charge in [-0.15, -0.1) is 0 Å². The van der Waals surface area contributed by atoms with Crippen molar-refractivity contribution < 1.29 is 19.0 Å². The molecule has 2 aromatic carbocycles. The van der Waals surface area contributed by atoms with Crippen molar-refractivity contribution >= 4 is 17.7 Å². The van der Waals surface area contributed by atoms with E-state index < -0.39 is 11.8 Å². The lowest BCUT2D eigenvalue weighted by molar-refractivity contribution is 0.0693. The summed E-state index contributed by atoms with van der Waals surface area (Å²) in [5.74, 6) is -0.820. The quantitative estimate of drug-likeness (QED) is 0.926. The number of halogens is 1. The van der Waals surface area contributed by atoms with Crippen molar-refractivity contribution in [2.24, 2.45) is 0 Å². The zero-order valence-corrected chi connectivity index (χ0v) is 10.9. The lowest BCUT2D eigenvalue weighted by atomic mass is 10.2. The van der Waals surface area contributed by atoms with E-state index in [2.05, 4.69) is 0 Å². The predicted octanol–water partition coefficient (Wildman–Crippen LogP) is 3.68. The van der Waals surface area contributed by atoms with Crippen LogP contribution in [-0.2, 0) is 0 Å². The molecule has 0 radical (unpaired) electrons. The minimum Gasteiger partial charge on any atom is -0.497 e. The van der Waals surface area contributed by atoms with Crippen molar-refractivity contribution in [1.29, 1.82) is 0 Å². The van der Waals surface area contributed by atoms with Crippen LogP contribution < -0.4 is 4.74 Å². The average Bonchev–Trinajstić information content (AvgIpc) is 2.39. The number of ether oxygens (including phenoxy) is 1. The van der Waals surface area contributed by atoms with Crippen LogP contribution in [-0.4, -0.2) is 18.2 Å². The molecule has 0 aromatic heterocycles. The Morgan fingerprint density at radius 2 is 1.89 bits per heavy atom. The van der Waals surface area contributed by atoms with Crippen molar-refractivity contribution in [1.82, 2.24) is 0 Å². The highest BCUT2D eigenvalue weighted by Crippen LogP contribution is 2.32. The molecule has 0 aliphatic carbocycles. The molecule has 19 heavy (non-hydrogen) atoms. The third-order valence-corrected chi connectivity index (χ3v) is 3.53. The first-order valence-electron chi connectivity index (χ1n) is 5.45. The van der Waals surface area contributed by atoms with E-state index in [1.165, 1.54) is 23.9 Å². The Kier molecular flexibility index (Phi) is 4.06. The van der Waals surface area contributed by atoms with E-state index in [0.29, 0.717) is 10.6 Å². The Labute approximate surface area is 114 Å². The first-order valence-corrected chi connectivity index (χ1v) is 6.26. The molecule has 2 aromatic rings. The lowest BCUT2D eigenvalue weighted by Crippen LogP contribution is -1.99. The van der Waals surface area contributed by atoms with Crippen LogP contribution in [0.1, 0.15) is 10.4 Å². The van der Waals surface area contributed by atoms with Gasteiger partial charge in [0.2, 0.25) is 0 Å². The van der Waals surface area contributed by atoms with Gasteiger partial charge in [0.25, 0.3) is 0 Å². The first-order chi connectivity index (χ1) is 9.10. The molecule has 0 aliphatic rings. The van der Waals surface area contributed by atoms with E-state index in [-0.39, 0.29) is 5.56 Å². The summed E-state index contributed by atoms with van der Waals surface area (Å²) < 4.78 is 18.2. The van der Waals surface area contributed by atoms with Crippen molar-refractivity contribution in [2.75, 3.05) is 7.11 Å². The van der Waals surface area contributed by atoms with Gasteiger partial charge in [-0.05, 0) is 42.5 Å². The van der Waals surface area contributed by atoms with Gasteiger partial charge in [0.1, 0.15) is 11.6 Å². The molecule has 3 nitrogen and oxygen atoms in total. The number of carboxylic acid groups (broad SMARTS) is 1. The van der Waals surface area contributed by atoms with Crippen LogP contribution in [0, 0.1) is 5.82 Å². The number of carboxylic acids is 1. The zero-order chi connectivity index (χ0) is 13.8. The number of hydrogen-bond acceptors (Lipinski definition) is 3. The molecule has 0 atom stereocenters. The van der Waals surface area contributed by atoms with Crippen LogP contribution in [0.25, 0.3) is 0 Å². The highest BCUT2D eigenvalue weighted by molar-refractivity contribution is 7.99. The van der Waals surface area contributed by atoms with E-state index in [0.717, 1.165) is 11.0 Å². The van der Waals surface area contributed by atoms with Gasteiger partial charge < -0.3 is 9.84 Å². The fourth-order valence-electron chi connectivity index (χ4n) is 1.53. The second kappa shape index (κ2) is 5.75. The maximum Gasteiger partial charge on any atom is 0.336 e. The molecule has 5 heteroatoms. The molecule has 0 saturated heterocycles. The SMILES string of the molecule is COc1ccc(Sc2cc(F)ccc2C(=O)O)cc1. The van der Waals surface area contributed by atoms with Crippen molar-refractivity contribution in [2.45, 2.75) is 9.79 Å². The summed E-state index contributed by atoms with van der Waals surface area (Å²) in [5, 5.41) is 9.06. The molecule has 98 valence electrons. The normalized spacial score (nSPS) is 10.2. The van der Waals surface area contributed by atoms with Gasteiger partial charge in [0.05, 0.1) is 12.7 Å². The Hall–Kier alpha value is -2.01. The minimum absolute atomic E-state index is 0.0854. The Morgan fingerprint density at radius 3 is 2.47 bits per heavy atom. The maximum atomic E-state index is 13.2. The topological polar surface area (TPSA) is 46.5 Å². The van der Waals surface area contributed by atoms with Gasteiger partial charge in [-0.3, -0.25) is 0 Å². The molecule has 1 N–H and O–H groups in total. The summed E-state index contributed by atoms with van der Waals surface area (Å²) in [4.78, 5) is 12.3.